The summed E-state index contributed by atoms with van der Waals surface area (Å²) in [5.41, 5.74) is 2.45. The Labute approximate surface area is 84.8 Å². The highest BCUT2D eigenvalue weighted by molar-refractivity contribution is 5.26. The summed E-state index contributed by atoms with van der Waals surface area (Å²) < 4.78 is 10.9. The Morgan fingerprint density at radius 1 is 1.21 bits per heavy atom. The predicted molar refractivity (Wildman–Crippen MR) is 54.9 cm³/mol. The topological polar surface area (TPSA) is 18.5 Å². The van der Waals surface area contributed by atoms with E-state index in [4.69, 9.17) is 9.47 Å². The second-order valence-corrected chi connectivity index (χ2v) is 4.00. The third-order valence-corrected chi connectivity index (χ3v) is 2.48. The molecule has 0 atom stereocenters. The van der Waals surface area contributed by atoms with E-state index in [1.165, 1.54) is 5.56 Å². The average molecular weight is 192 g/mol. The van der Waals surface area contributed by atoms with Crippen molar-refractivity contribution in [1.82, 2.24) is 0 Å². The lowest BCUT2D eigenvalue weighted by Crippen LogP contribution is -2.31. The van der Waals surface area contributed by atoms with Gasteiger partial charge in [-0.3, -0.25) is 0 Å². The molecule has 1 aromatic carbocycles. The molecular formula is C12H16O2. The van der Waals surface area contributed by atoms with E-state index in [2.05, 4.69) is 32.0 Å². The first kappa shape index (κ1) is 9.69. The molecule has 1 saturated heterocycles. The fraction of sp³-hybridized carbons (Fsp3) is 0.500. The van der Waals surface area contributed by atoms with Gasteiger partial charge in [-0.2, -0.15) is 0 Å². The Balaban J connectivity index is 2.14. The quantitative estimate of drug-likeness (QED) is 0.716. The van der Waals surface area contributed by atoms with Gasteiger partial charge in [-0.1, -0.05) is 38.1 Å². The zero-order valence-electron chi connectivity index (χ0n) is 8.86. The fourth-order valence-electron chi connectivity index (χ4n) is 1.58. The van der Waals surface area contributed by atoms with E-state index in [0.29, 0.717) is 5.92 Å². The minimum absolute atomic E-state index is 0.0530. The van der Waals surface area contributed by atoms with Crippen LogP contribution in [0.15, 0.2) is 24.3 Å². The van der Waals surface area contributed by atoms with Crippen molar-refractivity contribution < 1.29 is 9.47 Å². The maximum Gasteiger partial charge on any atom is 0.189 e. The van der Waals surface area contributed by atoms with Gasteiger partial charge in [-0.05, 0) is 18.4 Å². The van der Waals surface area contributed by atoms with Crippen LogP contribution in [-0.4, -0.2) is 6.29 Å². The van der Waals surface area contributed by atoms with Crippen LogP contribution in [0.4, 0.5) is 0 Å². The Hall–Kier alpha value is -0.860. The smallest absolute Gasteiger partial charge is 0.189 e. The van der Waals surface area contributed by atoms with Gasteiger partial charge in [0.1, 0.15) is 0 Å². The van der Waals surface area contributed by atoms with E-state index in [1.807, 2.05) is 13.0 Å². The Morgan fingerprint density at radius 3 is 2.50 bits per heavy atom. The first-order valence-electron chi connectivity index (χ1n) is 5.07. The molecule has 1 aliphatic heterocycles. The van der Waals surface area contributed by atoms with E-state index in [-0.39, 0.29) is 12.6 Å². The monoisotopic (exact) mass is 192 g/mol. The zero-order valence-corrected chi connectivity index (χ0v) is 8.86. The molecule has 1 aliphatic rings. The molecule has 0 aromatic heterocycles. The lowest BCUT2D eigenvalue weighted by atomic mass is 10.0. The standard InChI is InChI=1S/C12H16O2/c1-8(2)10-5-4-6-11(7-10)12-13-9(3)14-12/h4-9,12H,1-3H3. The molecule has 0 unspecified atom stereocenters. The van der Waals surface area contributed by atoms with E-state index in [1.54, 1.807) is 0 Å². The van der Waals surface area contributed by atoms with Gasteiger partial charge in [0.2, 0.25) is 0 Å². The molecule has 2 rings (SSSR count). The molecule has 1 aromatic rings. The molecule has 0 saturated carbocycles. The van der Waals surface area contributed by atoms with Gasteiger partial charge < -0.3 is 9.47 Å². The number of hydrogen-bond donors (Lipinski definition) is 0. The van der Waals surface area contributed by atoms with Gasteiger partial charge in [0.25, 0.3) is 0 Å². The van der Waals surface area contributed by atoms with Gasteiger partial charge in [0, 0.05) is 5.56 Å². The third kappa shape index (κ3) is 1.81. The summed E-state index contributed by atoms with van der Waals surface area (Å²) in [7, 11) is 0. The van der Waals surface area contributed by atoms with E-state index >= 15 is 0 Å². The fourth-order valence-corrected chi connectivity index (χ4v) is 1.58. The van der Waals surface area contributed by atoms with Gasteiger partial charge in [0.15, 0.2) is 12.6 Å². The summed E-state index contributed by atoms with van der Waals surface area (Å²) in [5, 5.41) is 0. The summed E-state index contributed by atoms with van der Waals surface area (Å²) in [5.74, 6) is 0.549. The Bertz CT molecular complexity index is 314. The van der Waals surface area contributed by atoms with Crippen molar-refractivity contribution in [2.75, 3.05) is 0 Å². The number of hydrogen-bond acceptors (Lipinski definition) is 2. The molecule has 0 bridgehead atoms. The molecule has 2 nitrogen and oxygen atoms in total. The van der Waals surface area contributed by atoms with Crippen LogP contribution in [-0.2, 0) is 9.47 Å². The molecule has 0 N–H and O–H groups in total. The third-order valence-electron chi connectivity index (χ3n) is 2.48. The second-order valence-electron chi connectivity index (χ2n) is 4.00. The zero-order chi connectivity index (χ0) is 10.1. The predicted octanol–water partition coefficient (Wildman–Crippen LogP) is 3.20. The van der Waals surface area contributed by atoms with Crippen molar-refractivity contribution in [3.05, 3.63) is 35.4 Å². The normalized spacial score (nSPS) is 26.3. The Kier molecular flexibility index (Phi) is 2.57. The van der Waals surface area contributed by atoms with Crippen molar-refractivity contribution in [1.29, 1.82) is 0 Å². The molecule has 2 heteroatoms. The summed E-state index contributed by atoms with van der Waals surface area (Å²) in [6.07, 6.45) is -0.202. The van der Waals surface area contributed by atoms with Crippen molar-refractivity contribution in [2.24, 2.45) is 0 Å². The molecular weight excluding hydrogens is 176 g/mol. The molecule has 1 heterocycles. The number of rotatable bonds is 2. The SMILES string of the molecule is CC1OC(c2cccc(C(C)C)c2)O1. The average Bonchev–Trinajstić information content (AvgIpc) is 2.13. The lowest BCUT2D eigenvalue weighted by molar-refractivity contribution is -0.382. The molecule has 14 heavy (non-hydrogen) atoms. The molecule has 0 amide bonds. The van der Waals surface area contributed by atoms with Gasteiger partial charge in [0.05, 0.1) is 0 Å². The summed E-state index contributed by atoms with van der Waals surface area (Å²) in [6, 6.07) is 8.39. The van der Waals surface area contributed by atoms with Crippen molar-refractivity contribution >= 4 is 0 Å². The first-order valence-corrected chi connectivity index (χ1v) is 5.07. The van der Waals surface area contributed by atoms with Crippen LogP contribution in [0.2, 0.25) is 0 Å². The maximum absolute atomic E-state index is 5.44. The van der Waals surface area contributed by atoms with Crippen molar-refractivity contribution in [3.8, 4) is 0 Å². The summed E-state index contributed by atoms with van der Waals surface area (Å²) in [6.45, 7) is 6.28. The minimum Gasteiger partial charge on any atom is -0.320 e. The van der Waals surface area contributed by atoms with Crippen LogP contribution in [0.3, 0.4) is 0 Å². The van der Waals surface area contributed by atoms with E-state index in [9.17, 15) is 0 Å². The lowest BCUT2D eigenvalue weighted by Gasteiger charge is -2.34. The van der Waals surface area contributed by atoms with Gasteiger partial charge in [-0.25, -0.2) is 0 Å². The van der Waals surface area contributed by atoms with E-state index < -0.39 is 0 Å². The van der Waals surface area contributed by atoms with Crippen LogP contribution >= 0.6 is 0 Å². The number of benzene rings is 1. The molecule has 0 spiro atoms. The largest absolute Gasteiger partial charge is 0.320 e. The van der Waals surface area contributed by atoms with Crippen molar-refractivity contribution in [3.63, 3.8) is 0 Å². The highest BCUT2D eigenvalue weighted by atomic mass is 16.9. The van der Waals surface area contributed by atoms with Crippen LogP contribution in [0.25, 0.3) is 0 Å². The summed E-state index contributed by atoms with van der Waals surface area (Å²) >= 11 is 0. The van der Waals surface area contributed by atoms with E-state index in [0.717, 1.165) is 5.56 Å². The maximum atomic E-state index is 5.44. The van der Waals surface area contributed by atoms with Crippen LogP contribution in [0.1, 0.15) is 44.1 Å². The van der Waals surface area contributed by atoms with Crippen molar-refractivity contribution in [2.45, 2.75) is 39.3 Å². The molecule has 0 radical (unpaired) electrons. The molecule has 76 valence electrons. The van der Waals surface area contributed by atoms with Gasteiger partial charge >= 0.3 is 0 Å². The first-order chi connectivity index (χ1) is 6.66. The second kappa shape index (κ2) is 3.71. The van der Waals surface area contributed by atoms with Crippen LogP contribution in [0, 0.1) is 0 Å². The Morgan fingerprint density at radius 2 is 1.93 bits per heavy atom. The summed E-state index contributed by atoms with van der Waals surface area (Å²) in [4.78, 5) is 0. The minimum atomic E-state index is -0.149. The van der Waals surface area contributed by atoms with Crippen LogP contribution < -0.4 is 0 Å². The molecule has 0 aliphatic carbocycles. The molecule has 1 fully saturated rings. The number of ether oxygens (including phenoxy) is 2. The highest BCUT2D eigenvalue weighted by Crippen LogP contribution is 2.32. The highest BCUT2D eigenvalue weighted by Gasteiger charge is 2.28. The van der Waals surface area contributed by atoms with Gasteiger partial charge in [-0.15, -0.1) is 0 Å². The van der Waals surface area contributed by atoms with Crippen LogP contribution in [0.5, 0.6) is 0 Å².